The monoisotopic (exact) mass is 325 g/mol. The van der Waals surface area contributed by atoms with Gasteiger partial charge in [0.15, 0.2) is 0 Å². The van der Waals surface area contributed by atoms with Gasteiger partial charge < -0.3 is 4.90 Å². The Balaban J connectivity index is 1.72. The van der Waals surface area contributed by atoms with E-state index in [2.05, 4.69) is 4.98 Å². The maximum Gasteiger partial charge on any atom is 0.270 e. The van der Waals surface area contributed by atoms with E-state index < -0.39 is 0 Å². The van der Waals surface area contributed by atoms with Crippen molar-refractivity contribution in [2.24, 2.45) is 0 Å². The van der Waals surface area contributed by atoms with Crippen molar-refractivity contribution in [2.45, 2.75) is 19.9 Å². The molecule has 0 radical (unpaired) electrons. The van der Waals surface area contributed by atoms with E-state index in [1.807, 2.05) is 30.5 Å². The fraction of sp³-hybridized carbons (Fsp3) is 0.235. The molecule has 4 heterocycles. The lowest BCUT2D eigenvalue weighted by Gasteiger charge is -2.26. The lowest BCUT2D eigenvalue weighted by Crippen LogP contribution is -2.38. The first kappa shape index (κ1) is 14.1. The van der Waals surface area contributed by atoms with Gasteiger partial charge in [-0.05, 0) is 48.1 Å². The molecule has 0 aliphatic carbocycles. The Labute approximate surface area is 136 Å². The van der Waals surface area contributed by atoms with Gasteiger partial charge in [-0.15, -0.1) is 11.3 Å². The summed E-state index contributed by atoms with van der Waals surface area (Å²) in [5, 5.41) is 2.05. The van der Waals surface area contributed by atoms with E-state index in [9.17, 15) is 9.59 Å². The molecule has 116 valence electrons. The molecule has 0 N–H and O–H groups in total. The molecule has 0 saturated carbocycles. The highest BCUT2D eigenvalue weighted by Crippen LogP contribution is 2.24. The molecule has 0 aromatic carbocycles. The number of hydrogen-bond donors (Lipinski definition) is 0. The van der Waals surface area contributed by atoms with E-state index in [0.29, 0.717) is 18.7 Å². The average Bonchev–Trinajstić information content (AvgIpc) is 3.02. The molecule has 1 aliphatic heterocycles. The van der Waals surface area contributed by atoms with E-state index in [-0.39, 0.29) is 17.0 Å². The summed E-state index contributed by atoms with van der Waals surface area (Å²) in [6.07, 6.45) is 3.92. The van der Waals surface area contributed by atoms with Gasteiger partial charge >= 0.3 is 0 Å². The van der Waals surface area contributed by atoms with Crippen molar-refractivity contribution in [3.63, 3.8) is 0 Å². The van der Waals surface area contributed by atoms with Gasteiger partial charge in [-0.3, -0.25) is 14.0 Å². The highest BCUT2D eigenvalue weighted by atomic mass is 32.1. The summed E-state index contributed by atoms with van der Waals surface area (Å²) in [5.74, 6) is -0.241. The number of aryl methyl sites for hydroxylation is 1. The number of aromatic nitrogens is 2. The van der Waals surface area contributed by atoms with Gasteiger partial charge in [-0.25, -0.2) is 4.98 Å². The largest absolute Gasteiger partial charge is 0.334 e. The highest BCUT2D eigenvalue weighted by Gasteiger charge is 2.25. The molecule has 3 aromatic rings. The molecule has 0 saturated heterocycles. The highest BCUT2D eigenvalue weighted by molar-refractivity contribution is 7.10. The Kier molecular flexibility index (Phi) is 3.27. The SMILES string of the molecule is Cc1ccn2c(=O)c(C(=O)N3CCc4sccc4C3)cnc2c1. The van der Waals surface area contributed by atoms with Crippen molar-refractivity contribution in [3.05, 3.63) is 67.9 Å². The number of thiophene rings is 1. The second-order valence-electron chi connectivity index (χ2n) is 5.76. The van der Waals surface area contributed by atoms with Crippen molar-refractivity contribution >= 4 is 22.9 Å². The number of carbonyl (C=O) groups is 1. The van der Waals surface area contributed by atoms with E-state index in [1.54, 1.807) is 22.4 Å². The first-order chi connectivity index (χ1) is 11.1. The first-order valence-corrected chi connectivity index (χ1v) is 8.34. The minimum atomic E-state index is -0.309. The molecule has 4 rings (SSSR count). The molecular weight excluding hydrogens is 310 g/mol. The summed E-state index contributed by atoms with van der Waals surface area (Å²) in [6.45, 7) is 3.15. The van der Waals surface area contributed by atoms with Crippen molar-refractivity contribution < 1.29 is 4.79 Å². The van der Waals surface area contributed by atoms with Crippen LogP contribution in [0.4, 0.5) is 0 Å². The smallest absolute Gasteiger partial charge is 0.270 e. The molecule has 0 fully saturated rings. The summed E-state index contributed by atoms with van der Waals surface area (Å²) >= 11 is 1.73. The van der Waals surface area contributed by atoms with Crippen molar-refractivity contribution in [1.82, 2.24) is 14.3 Å². The fourth-order valence-electron chi connectivity index (χ4n) is 2.92. The number of amides is 1. The Hall–Kier alpha value is -2.47. The van der Waals surface area contributed by atoms with Gasteiger partial charge in [0.05, 0.1) is 0 Å². The van der Waals surface area contributed by atoms with Crippen LogP contribution in [0.2, 0.25) is 0 Å². The first-order valence-electron chi connectivity index (χ1n) is 7.46. The minimum absolute atomic E-state index is 0.130. The average molecular weight is 325 g/mol. The predicted octanol–water partition coefficient (Wildman–Crippen LogP) is 2.26. The topological polar surface area (TPSA) is 54.7 Å². The molecule has 1 aliphatic rings. The van der Waals surface area contributed by atoms with Crippen LogP contribution in [0.1, 0.15) is 26.4 Å². The molecule has 0 bridgehead atoms. The summed E-state index contributed by atoms with van der Waals surface area (Å²) in [7, 11) is 0. The molecule has 0 spiro atoms. The van der Waals surface area contributed by atoms with Crippen molar-refractivity contribution in [3.8, 4) is 0 Å². The van der Waals surface area contributed by atoms with Crippen LogP contribution in [0.3, 0.4) is 0 Å². The van der Waals surface area contributed by atoms with Crippen LogP contribution in [-0.2, 0) is 13.0 Å². The van der Waals surface area contributed by atoms with Crippen molar-refractivity contribution in [2.75, 3.05) is 6.54 Å². The zero-order chi connectivity index (χ0) is 16.0. The van der Waals surface area contributed by atoms with Crippen LogP contribution < -0.4 is 5.56 Å². The van der Waals surface area contributed by atoms with Gasteiger partial charge in [0, 0.05) is 30.4 Å². The maximum atomic E-state index is 12.7. The summed E-state index contributed by atoms with van der Waals surface area (Å²) in [4.78, 5) is 32.7. The van der Waals surface area contributed by atoms with Gasteiger partial charge in [0.2, 0.25) is 0 Å². The van der Waals surface area contributed by atoms with Crippen LogP contribution in [0.5, 0.6) is 0 Å². The Morgan fingerprint density at radius 3 is 3.09 bits per heavy atom. The van der Waals surface area contributed by atoms with Gasteiger partial charge in [-0.2, -0.15) is 0 Å². The second kappa shape index (κ2) is 5.31. The zero-order valence-corrected chi connectivity index (χ0v) is 13.5. The van der Waals surface area contributed by atoms with Crippen molar-refractivity contribution in [1.29, 1.82) is 0 Å². The van der Waals surface area contributed by atoms with Crippen LogP contribution in [0.15, 0.2) is 40.8 Å². The molecule has 23 heavy (non-hydrogen) atoms. The molecule has 0 atom stereocenters. The summed E-state index contributed by atoms with van der Waals surface area (Å²) in [5.41, 5.74) is 2.59. The number of carbonyl (C=O) groups excluding carboxylic acids is 1. The van der Waals surface area contributed by atoms with E-state index >= 15 is 0 Å². The molecule has 1 amide bonds. The number of fused-ring (bicyclic) bond motifs is 2. The number of hydrogen-bond acceptors (Lipinski definition) is 4. The molecule has 3 aromatic heterocycles. The second-order valence-corrected chi connectivity index (χ2v) is 6.76. The molecule has 5 nitrogen and oxygen atoms in total. The summed E-state index contributed by atoms with van der Waals surface area (Å²) < 4.78 is 1.43. The third-order valence-corrected chi connectivity index (χ3v) is 5.21. The quantitative estimate of drug-likeness (QED) is 0.690. The number of rotatable bonds is 1. The maximum absolute atomic E-state index is 12.7. The molecular formula is C17H15N3O2S. The normalized spacial score (nSPS) is 14.0. The third kappa shape index (κ3) is 2.35. The fourth-order valence-corrected chi connectivity index (χ4v) is 3.81. The zero-order valence-electron chi connectivity index (χ0n) is 12.7. The van der Waals surface area contributed by atoms with Crippen LogP contribution in [0.25, 0.3) is 5.65 Å². The van der Waals surface area contributed by atoms with Gasteiger partial charge in [-0.1, -0.05) is 0 Å². The predicted molar refractivity (Wildman–Crippen MR) is 89.0 cm³/mol. The van der Waals surface area contributed by atoms with Crippen LogP contribution >= 0.6 is 11.3 Å². The Bertz CT molecular complexity index is 973. The molecule has 0 unspecified atom stereocenters. The lowest BCUT2D eigenvalue weighted by molar-refractivity contribution is 0.0733. The van der Waals surface area contributed by atoms with Gasteiger partial charge in [0.25, 0.3) is 11.5 Å². The van der Waals surface area contributed by atoms with E-state index in [0.717, 1.165) is 12.0 Å². The Morgan fingerprint density at radius 2 is 2.22 bits per heavy atom. The summed E-state index contributed by atoms with van der Waals surface area (Å²) in [6, 6.07) is 5.71. The van der Waals surface area contributed by atoms with E-state index in [1.165, 1.54) is 21.0 Å². The third-order valence-electron chi connectivity index (χ3n) is 4.19. The Morgan fingerprint density at radius 1 is 1.35 bits per heavy atom. The van der Waals surface area contributed by atoms with Crippen LogP contribution in [0, 0.1) is 6.92 Å². The number of nitrogens with zero attached hydrogens (tertiary/aromatic N) is 3. The standard InChI is InChI=1S/C17H15N3O2S/c1-11-2-6-20-15(8-11)18-9-13(17(20)22)16(21)19-5-3-14-12(10-19)4-7-23-14/h2,4,6-9H,3,5,10H2,1H3. The molecule has 6 heteroatoms. The number of pyridine rings is 1. The lowest BCUT2D eigenvalue weighted by atomic mass is 10.1. The van der Waals surface area contributed by atoms with E-state index in [4.69, 9.17) is 0 Å². The van der Waals surface area contributed by atoms with Gasteiger partial charge in [0.1, 0.15) is 11.2 Å². The van der Waals surface area contributed by atoms with Crippen LogP contribution in [-0.4, -0.2) is 26.7 Å². The minimum Gasteiger partial charge on any atom is -0.334 e.